The molecule has 0 nitrogen and oxygen atoms in total. The Morgan fingerprint density at radius 1 is 1.08 bits per heavy atom. The lowest BCUT2D eigenvalue weighted by atomic mass is 10.0. The normalized spacial score (nSPS) is 12.9. The Balaban J connectivity index is 3.07. The molecule has 0 aliphatic heterocycles. The predicted molar refractivity (Wildman–Crippen MR) is 62.5 cm³/mol. The molecule has 1 heteroatoms. The molecule has 1 atom stereocenters. The van der Waals surface area contributed by atoms with Crippen LogP contribution in [0.4, 0.5) is 0 Å². The van der Waals surface area contributed by atoms with E-state index in [1.54, 1.807) is 0 Å². The van der Waals surface area contributed by atoms with Crippen LogP contribution in [0.3, 0.4) is 0 Å². The van der Waals surface area contributed by atoms with Gasteiger partial charge in [-0.3, -0.25) is 0 Å². The Kier molecular flexibility index (Phi) is 3.98. The van der Waals surface area contributed by atoms with Gasteiger partial charge < -0.3 is 0 Å². The highest BCUT2D eigenvalue weighted by atomic mass is 79.9. The van der Waals surface area contributed by atoms with Crippen molar-refractivity contribution in [3.63, 3.8) is 0 Å². The molecular weight excluding hydrogens is 224 g/mol. The maximum absolute atomic E-state index is 3.61. The number of halogens is 1. The second kappa shape index (κ2) is 4.80. The van der Waals surface area contributed by atoms with E-state index in [4.69, 9.17) is 0 Å². The van der Waals surface area contributed by atoms with Crippen LogP contribution in [-0.2, 0) is 12.8 Å². The first-order valence-electron chi connectivity index (χ1n) is 4.94. The van der Waals surface area contributed by atoms with Gasteiger partial charge in [0.2, 0.25) is 0 Å². The zero-order valence-electron chi connectivity index (χ0n) is 8.60. The van der Waals surface area contributed by atoms with Crippen LogP contribution in [0.5, 0.6) is 0 Å². The van der Waals surface area contributed by atoms with Gasteiger partial charge in [0.15, 0.2) is 0 Å². The fourth-order valence-corrected chi connectivity index (χ4v) is 1.69. The lowest BCUT2D eigenvalue weighted by molar-refractivity contribution is 1.04. The molecule has 1 unspecified atom stereocenters. The van der Waals surface area contributed by atoms with E-state index in [1.807, 2.05) is 0 Å². The Hall–Kier alpha value is -0.300. The molecule has 72 valence electrons. The number of alkyl halides is 1. The van der Waals surface area contributed by atoms with Crippen molar-refractivity contribution in [1.29, 1.82) is 0 Å². The second-order valence-corrected chi connectivity index (χ2v) is 4.78. The van der Waals surface area contributed by atoms with Gasteiger partial charge in [-0.2, -0.15) is 0 Å². The van der Waals surface area contributed by atoms with Gasteiger partial charge in [-0.05, 0) is 36.5 Å². The van der Waals surface area contributed by atoms with Gasteiger partial charge in [-0.25, -0.2) is 0 Å². The third-order valence-corrected chi connectivity index (χ3v) is 2.88. The quantitative estimate of drug-likeness (QED) is 0.693. The van der Waals surface area contributed by atoms with Crippen molar-refractivity contribution >= 4 is 15.9 Å². The van der Waals surface area contributed by atoms with E-state index in [0.29, 0.717) is 4.83 Å². The molecule has 0 aliphatic rings. The Bertz CT molecular complexity index is 254. The van der Waals surface area contributed by atoms with Crippen LogP contribution in [0.25, 0.3) is 0 Å². The van der Waals surface area contributed by atoms with Crippen molar-refractivity contribution < 1.29 is 0 Å². The zero-order chi connectivity index (χ0) is 9.84. The Morgan fingerprint density at radius 3 is 1.85 bits per heavy atom. The van der Waals surface area contributed by atoms with E-state index < -0.39 is 0 Å². The van der Waals surface area contributed by atoms with Gasteiger partial charge in [0, 0.05) is 4.83 Å². The molecule has 0 fully saturated rings. The topological polar surface area (TPSA) is 0 Å². The first kappa shape index (κ1) is 10.8. The molecule has 1 rings (SSSR count). The fourth-order valence-electron chi connectivity index (χ4n) is 1.43. The van der Waals surface area contributed by atoms with E-state index in [9.17, 15) is 0 Å². The monoisotopic (exact) mass is 240 g/mol. The van der Waals surface area contributed by atoms with E-state index in [1.165, 1.54) is 16.7 Å². The number of aryl methyl sites for hydroxylation is 2. The molecule has 1 aromatic rings. The van der Waals surface area contributed by atoms with Crippen molar-refractivity contribution in [2.75, 3.05) is 0 Å². The SMILES string of the molecule is CCc1cc(CC)cc(C(C)Br)c1. The highest BCUT2D eigenvalue weighted by Crippen LogP contribution is 2.24. The molecule has 0 radical (unpaired) electrons. The molecule has 0 aliphatic carbocycles. The standard InChI is InChI=1S/C12H17Br/c1-4-10-6-11(5-2)8-12(7-10)9(3)13/h6-9H,4-5H2,1-3H3. The second-order valence-electron chi connectivity index (χ2n) is 3.41. The van der Waals surface area contributed by atoms with E-state index >= 15 is 0 Å². The lowest BCUT2D eigenvalue weighted by Crippen LogP contribution is -1.92. The third-order valence-electron chi connectivity index (χ3n) is 2.35. The molecule has 1 aromatic carbocycles. The molecule has 13 heavy (non-hydrogen) atoms. The van der Waals surface area contributed by atoms with Crippen LogP contribution in [0.2, 0.25) is 0 Å². The number of benzene rings is 1. The van der Waals surface area contributed by atoms with Gasteiger partial charge in [0.25, 0.3) is 0 Å². The van der Waals surface area contributed by atoms with Crippen LogP contribution < -0.4 is 0 Å². The summed E-state index contributed by atoms with van der Waals surface area (Å²) in [4.78, 5) is 0.462. The summed E-state index contributed by atoms with van der Waals surface area (Å²) in [5.74, 6) is 0. The van der Waals surface area contributed by atoms with Crippen molar-refractivity contribution in [3.05, 3.63) is 34.9 Å². The Morgan fingerprint density at radius 2 is 1.54 bits per heavy atom. The summed E-state index contributed by atoms with van der Waals surface area (Å²) in [6.07, 6.45) is 2.25. The summed E-state index contributed by atoms with van der Waals surface area (Å²) < 4.78 is 0. The first-order valence-corrected chi connectivity index (χ1v) is 5.85. The molecule has 0 bridgehead atoms. The number of rotatable bonds is 3. The number of hydrogen-bond acceptors (Lipinski definition) is 0. The summed E-state index contributed by atoms with van der Waals surface area (Å²) in [7, 11) is 0. The van der Waals surface area contributed by atoms with Gasteiger partial charge in [-0.1, -0.05) is 48.0 Å². The fraction of sp³-hybridized carbons (Fsp3) is 0.500. The van der Waals surface area contributed by atoms with E-state index in [-0.39, 0.29) is 0 Å². The third kappa shape index (κ3) is 2.84. The van der Waals surface area contributed by atoms with E-state index in [2.05, 4.69) is 54.9 Å². The molecular formula is C12H17Br. The van der Waals surface area contributed by atoms with E-state index in [0.717, 1.165) is 12.8 Å². The average molecular weight is 241 g/mol. The summed E-state index contributed by atoms with van der Waals surface area (Å²) >= 11 is 3.61. The maximum Gasteiger partial charge on any atom is 0.0367 e. The molecule has 0 amide bonds. The summed E-state index contributed by atoms with van der Waals surface area (Å²) in [6, 6.07) is 6.88. The van der Waals surface area contributed by atoms with Crippen LogP contribution in [0.1, 0.15) is 42.3 Å². The maximum atomic E-state index is 3.61. The van der Waals surface area contributed by atoms with Crippen molar-refractivity contribution in [2.45, 2.75) is 38.4 Å². The van der Waals surface area contributed by atoms with Gasteiger partial charge in [-0.15, -0.1) is 0 Å². The van der Waals surface area contributed by atoms with Crippen LogP contribution in [0, 0.1) is 0 Å². The molecule has 0 heterocycles. The smallest absolute Gasteiger partial charge is 0.0367 e. The van der Waals surface area contributed by atoms with Crippen LogP contribution >= 0.6 is 15.9 Å². The zero-order valence-corrected chi connectivity index (χ0v) is 10.2. The van der Waals surface area contributed by atoms with Crippen molar-refractivity contribution in [3.8, 4) is 0 Å². The first-order chi connectivity index (χ1) is 6.17. The van der Waals surface area contributed by atoms with Gasteiger partial charge in [0.05, 0.1) is 0 Å². The van der Waals surface area contributed by atoms with Gasteiger partial charge in [0.1, 0.15) is 0 Å². The largest absolute Gasteiger partial charge is 0.0842 e. The minimum Gasteiger partial charge on any atom is -0.0842 e. The molecule has 0 aromatic heterocycles. The average Bonchev–Trinajstić information content (AvgIpc) is 2.16. The minimum absolute atomic E-state index is 0.462. The highest BCUT2D eigenvalue weighted by Gasteiger charge is 2.03. The molecule has 0 spiro atoms. The van der Waals surface area contributed by atoms with Crippen molar-refractivity contribution in [1.82, 2.24) is 0 Å². The predicted octanol–water partition coefficient (Wildman–Crippen LogP) is 4.27. The summed E-state index contributed by atoms with van der Waals surface area (Å²) in [6.45, 7) is 6.59. The summed E-state index contributed by atoms with van der Waals surface area (Å²) in [5.41, 5.74) is 4.29. The lowest BCUT2D eigenvalue weighted by Gasteiger charge is -2.09. The summed E-state index contributed by atoms with van der Waals surface area (Å²) in [5, 5.41) is 0. The minimum atomic E-state index is 0.462. The van der Waals surface area contributed by atoms with Crippen LogP contribution in [-0.4, -0.2) is 0 Å². The molecule has 0 N–H and O–H groups in total. The molecule has 0 saturated carbocycles. The Labute approximate surface area is 89.5 Å². The molecule has 0 saturated heterocycles. The highest BCUT2D eigenvalue weighted by molar-refractivity contribution is 9.09. The number of hydrogen-bond donors (Lipinski definition) is 0. The van der Waals surface area contributed by atoms with Gasteiger partial charge >= 0.3 is 0 Å². The van der Waals surface area contributed by atoms with Crippen LogP contribution in [0.15, 0.2) is 18.2 Å². The van der Waals surface area contributed by atoms with Crippen molar-refractivity contribution in [2.24, 2.45) is 0 Å².